The number of amides is 1. The van der Waals surface area contributed by atoms with Gasteiger partial charge in [-0.25, -0.2) is 0 Å². The van der Waals surface area contributed by atoms with E-state index < -0.39 is 5.54 Å². The molecule has 1 aliphatic carbocycles. The van der Waals surface area contributed by atoms with Crippen LogP contribution in [0.1, 0.15) is 19.8 Å². The van der Waals surface area contributed by atoms with E-state index in [2.05, 4.69) is 21.4 Å². The monoisotopic (exact) mass is 317 g/mol. The van der Waals surface area contributed by atoms with Gasteiger partial charge < -0.3 is 10.1 Å². The molecule has 1 aromatic heterocycles. The quantitative estimate of drug-likeness (QED) is 0.821. The normalized spacial score (nSPS) is 24.6. The number of nitrogens with one attached hydrogen (secondary N) is 1. The molecule has 1 aliphatic heterocycles. The molecule has 7 nitrogen and oxygen atoms in total. The van der Waals surface area contributed by atoms with E-state index in [1.54, 1.807) is 6.20 Å². The summed E-state index contributed by atoms with van der Waals surface area (Å²) in [5.41, 5.74) is -0.724. The van der Waals surface area contributed by atoms with Crippen molar-refractivity contribution in [2.45, 2.75) is 38.0 Å². The molecule has 2 heterocycles. The number of hydrogen-bond donors (Lipinski definition) is 1. The molecule has 1 aromatic rings. The number of aromatic nitrogens is 2. The molecule has 0 unspecified atom stereocenters. The highest BCUT2D eigenvalue weighted by atomic mass is 16.5. The number of nitrogens with zero attached hydrogens (tertiary/aromatic N) is 4. The molecular formula is C16H23N5O2. The zero-order valence-electron chi connectivity index (χ0n) is 13.4. The summed E-state index contributed by atoms with van der Waals surface area (Å²) in [6.45, 7) is 4.85. The summed E-state index contributed by atoms with van der Waals surface area (Å²) in [5, 5.41) is 16.4. The summed E-state index contributed by atoms with van der Waals surface area (Å²) < 4.78 is 7.59. The minimum absolute atomic E-state index is 0.0298. The van der Waals surface area contributed by atoms with E-state index in [1.165, 1.54) is 0 Å². The minimum atomic E-state index is -0.724. The number of carbonyl (C=O) groups is 1. The maximum absolute atomic E-state index is 12.3. The first-order valence-electron chi connectivity index (χ1n) is 8.13. The van der Waals surface area contributed by atoms with Crippen molar-refractivity contribution in [2.75, 3.05) is 26.2 Å². The fourth-order valence-corrected chi connectivity index (χ4v) is 3.07. The maximum Gasteiger partial charge on any atom is 0.235 e. The van der Waals surface area contributed by atoms with E-state index in [1.807, 2.05) is 23.9 Å². The van der Waals surface area contributed by atoms with Crippen LogP contribution < -0.4 is 5.32 Å². The lowest BCUT2D eigenvalue weighted by atomic mass is 9.98. The Balaban J connectivity index is 1.49. The second-order valence-electron chi connectivity index (χ2n) is 6.59. The smallest absolute Gasteiger partial charge is 0.235 e. The second kappa shape index (κ2) is 6.69. The summed E-state index contributed by atoms with van der Waals surface area (Å²) >= 11 is 0. The predicted octanol–water partition coefficient (Wildman–Crippen LogP) is 0.392. The van der Waals surface area contributed by atoms with Gasteiger partial charge in [0.25, 0.3) is 0 Å². The molecule has 1 amide bonds. The van der Waals surface area contributed by atoms with Gasteiger partial charge in [0.05, 0.1) is 31.9 Å². The van der Waals surface area contributed by atoms with Gasteiger partial charge in [-0.3, -0.25) is 14.4 Å². The lowest BCUT2D eigenvalue weighted by molar-refractivity contribution is -0.125. The van der Waals surface area contributed by atoms with Crippen molar-refractivity contribution < 1.29 is 9.53 Å². The third-order valence-electron chi connectivity index (χ3n) is 4.57. The van der Waals surface area contributed by atoms with E-state index in [0.29, 0.717) is 32.2 Å². The van der Waals surface area contributed by atoms with Crippen molar-refractivity contribution in [1.82, 2.24) is 20.0 Å². The second-order valence-corrected chi connectivity index (χ2v) is 6.59. The first-order valence-corrected chi connectivity index (χ1v) is 8.13. The predicted molar refractivity (Wildman–Crippen MR) is 83.3 cm³/mol. The molecule has 0 bridgehead atoms. The van der Waals surface area contributed by atoms with Crippen LogP contribution in [0.15, 0.2) is 18.5 Å². The van der Waals surface area contributed by atoms with Crippen molar-refractivity contribution in [3.63, 3.8) is 0 Å². The molecule has 2 aliphatic rings. The van der Waals surface area contributed by atoms with Crippen molar-refractivity contribution >= 4 is 5.91 Å². The zero-order valence-corrected chi connectivity index (χ0v) is 13.4. The molecule has 2 fully saturated rings. The van der Waals surface area contributed by atoms with Crippen LogP contribution in [-0.2, 0) is 16.1 Å². The molecule has 124 valence electrons. The molecule has 7 heteroatoms. The third-order valence-corrected chi connectivity index (χ3v) is 4.57. The Kier molecular flexibility index (Phi) is 4.64. The lowest BCUT2D eigenvalue weighted by Crippen LogP contribution is -2.53. The van der Waals surface area contributed by atoms with Crippen molar-refractivity contribution in [2.24, 2.45) is 5.92 Å². The molecule has 0 radical (unpaired) electrons. The number of hydrogen-bond acceptors (Lipinski definition) is 5. The van der Waals surface area contributed by atoms with Gasteiger partial charge in [0, 0.05) is 25.5 Å². The van der Waals surface area contributed by atoms with E-state index in [-0.39, 0.29) is 12.0 Å². The average molecular weight is 317 g/mol. The van der Waals surface area contributed by atoms with Crippen LogP contribution in [0.3, 0.4) is 0 Å². The SMILES string of the molecule is C[C@](C#N)(NC(=O)CN1CCO[C@@H](Cn2cccn2)C1)C1CC1. The Labute approximate surface area is 136 Å². The van der Waals surface area contributed by atoms with Gasteiger partial charge >= 0.3 is 0 Å². The highest BCUT2D eigenvalue weighted by molar-refractivity contribution is 5.79. The average Bonchev–Trinajstić information content (AvgIpc) is 3.27. The van der Waals surface area contributed by atoms with Gasteiger partial charge in [0.2, 0.25) is 5.91 Å². The van der Waals surface area contributed by atoms with E-state index in [9.17, 15) is 10.1 Å². The van der Waals surface area contributed by atoms with Crippen LogP contribution in [0.5, 0.6) is 0 Å². The van der Waals surface area contributed by atoms with Crippen molar-refractivity contribution in [3.8, 4) is 6.07 Å². The standard InChI is InChI=1S/C16H23N5O2/c1-16(12-17,13-3-4-13)19-15(22)11-20-7-8-23-14(9-20)10-21-6-2-5-18-21/h2,5-6,13-14H,3-4,7-11H2,1H3,(H,19,22)/t14-,16-/m1/s1. The van der Waals surface area contributed by atoms with Crippen LogP contribution in [0.25, 0.3) is 0 Å². The summed E-state index contributed by atoms with van der Waals surface area (Å²) in [5.74, 6) is 0.217. The van der Waals surface area contributed by atoms with Crippen molar-refractivity contribution in [1.29, 1.82) is 5.26 Å². The Hall–Kier alpha value is -1.91. The zero-order chi connectivity index (χ0) is 16.3. The molecular weight excluding hydrogens is 294 g/mol. The highest BCUT2D eigenvalue weighted by Crippen LogP contribution is 2.39. The van der Waals surface area contributed by atoms with Gasteiger partial charge in [-0.05, 0) is 31.7 Å². The fraction of sp³-hybridized carbons (Fsp3) is 0.688. The van der Waals surface area contributed by atoms with E-state index in [0.717, 1.165) is 19.4 Å². The van der Waals surface area contributed by atoms with E-state index >= 15 is 0 Å². The summed E-state index contributed by atoms with van der Waals surface area (Å²) in [4.78, 5) is 14.4. The number of rotatable bonds is 6. The minimum Gasteiger partial charge on any atom is -0.374 e. The van der Waals surface area contributed by atoms with Crippen LogP contribution in [0, 0.1) is 17.2 Å². The highest BCUT2D eigenvalue weighted by Gasteiger charge is 2.43. The molecule has 0 spiro atoms. The maximum atomic E-state index is 12.3. The van der Waals surface area contributed by atoms with Crippen LogP contribution in [0.4, 0.5) is 0 Å². The molecule has 3 rings (SSSR count). The van der Waals surface area contributed by atoms with Gasteiger partial charge in [0.15, 0.2) is 0 Å². The lowest BCUT2D eigenvalue weighted by Gasteiger charge is -2.33. The third kappa shape index (κ3) is 4.09. The van der Waals surface area contributed by atoms with Gasteiger partial charge in [-0.2, -0.15) is 10.4 Å². The Morgan fingerprint density at radius 3 is 3.04 bits per heavy atom. The Morgan fingerprint density at radius 1 is 1.57 bits per heavy atom. The number of carbonyl (C=O) groups excluding carboxylic acids is 1. The molecule has 0 aromatic carbocycles. The topological polar surface area (TPSA) is 83.2 Å². The number of ether oxygens (including phenoxy) is 1. The molecule has 2 atom stereocenters. The summed E-state index contributed by atoms with van der Waals surface area (Å²) in [7, 11) is 0. The largest absolute Gasteiger partial charge is 0.374 e. The molecule has 1 N–H and O–H groups in total. The summed E-state index contributed by atoms with van der Waals surface area (Å²) in [6, 6.07) is 4.14. The first-order chi connectivity index (χ1) is 11.1. The Bertz CT molecular complexity index is 578. The van der Waals surface area contributed by atoms with Crippen LogP contribution in [0.2, 0.25) is 0 Å². The fourth-order valence-electron chi connectivity index (χ4n) is 3.07. The van der Waals surface area contributed by atoms with Crippen LogP contribution in [-0.4, -0.2) is 58.5 Å². The van der Waals surface area contributed by atoms with E-state index in [4.69, 9.17) is 4.74 Å². The molecule has 1 saturated heterocycles. The number of nitriles is 1. The van der Waals surface area contributed by atoms with Gasteiger partial charge in [-0.1, -0.05) is 0 Å². The van der Waals surface area contributed by atoms with Gasteiger partial charge in [-0.15, -0.1) is 0 Å². The molecule has 1 saturated carbocycles. The van der Waals surface area contributed by atoms with Crippen LogP contribution >= 0.6 is 0 Å². The van der Waals surface area contributed by atoms with Crippen molar-refractivity contribution in [3.05, 3.63) is 18.5 Å². The summed E-state index contributed by atoms with van der Waals surface area (Å²) in [6.07, 6.45) is 5.72. The van der Waals surface area contributed by atoms with Gasteiger partial charge in [0.1, 0.15) is 5.54 Å². The number of morpholine rings is 1. The Morgan fingerprint density at radius 2 is 2.39 bits per heavy atom. The first kappa shape index (κ1) is 16.0. The molecule has 23 heavy (non-hydrogen) atoms.